The third-order valence-corrected chi connectivity index (χ3v) is 0.875. The van der Waals surface area contributed by atoms with Crippen LogP contribution in [0.5, 0.6) is 0 Å². The molecule has 2 amide bonds. The number of carbonyl (C=O) groups excluding carboxylic acids is 1. The molecule has 0 aliphatic heterocycles. The standard InChI is InChI=1S/C3H6ClN3O2/c1-2-7(6-9)3(8)5-4/h2H2,1H3,(H,5,8). The largest absolute Gasteiger partial charge is 0.354 e. The highest BCUT2D eigenvalue weighted by atomic mass is 35.5. The number of nitroso groups, excluding NO2 is 1. The Kier molecular flexibility index (Phi) is 3.70. The molecule has 52 valence electrons. The van der Waals surface area contributed by atoms with E-state index in [1.807, 2.05) is 0 Å². The zero-order chi connectivity index (χ0) is 7.28. The minimum Gasteiger partial charge on any atom is -0.248 e. The molecule has 6 heteroatoms. The molecule has 0 fully saturated rings. The Bertz CT molecular complexity index is 118. The fourth-order valence-electron chi connectivity index (χ4n) is 0.287. The van der Waals surface area contributed by atoms with Gasteiger partial charge in [-0.25, -0.2) is 9.63 Å². The number of hydrogen-bond donors (Lipinski definition) is 1. The molecular formula is C3H6ClN3O2. The van der Waals surface area contributed by atoms with Crippen molar-refractivity contribution in [1.29, 1.82) is 0 Å². The number of rotatable bonds is 2. The van der Waals surface area contributed by atoms with Crippen molar-refractivity contribution >= 4 is 17.8 Å². The Morgan fingerprint density at radius 3 is 2.56 bits per heavy atom. The van der Waals surface area contributed by atoms with E-state index in [4.69, 9.17) is 11.8 Å². The number of hydrogen-bond acceptors (Lipinski definition) is 3. The maximum absolute atomic E-state index is 10.4. The molecule has 0 atom stereocenters. The second-order valence-electron chi connectivity index (χ2n) is 1.20. The van der Waals surface area contributed by atoms with Crippen LogP contribution in [0.4, 0.5) is 4.79 Å². The summed E-state index contributed by atoms with van der Waals surface area (Å²) >= 11 is 4.86. The Morgan fingerprint density at radius 2 is 2.44 bits per heavy atom. The Hall–Kier alpha value is -0.840. The summed E-state index contributed by atoms with van der Waals surface area (Å²) in [6.07, 6.45) is 0. The first-order valence-electron chi connectivity index (χ1n) is 2.27. The molecule has 0 aromatic heterocycles. The summed E-state index contributed by atoms with van der Waals surface area (Å²) in [6.45, 7) is 1.82. The molecule has 0 unspecified atom stereocenters. The molecule has 0 heterocycles. The Balaban J connectivity index is 3.78. The summed E-state index contributed by atoms with van der Waals surface area (Å²) in [5.41, 5.74) is 0. The number of nitrogens with one attached hydrogen (secondary N) is 1. The molecule has 1 N–H and O–H groups in total. The van der Waals surface area contributed by atoms with Crippen molar-refractivity contribution in [2.45, 2.75) is 6.92 Å². The fourth-order valence-corrected chi connectivity index (χ4v) is 0.385. The van der Waals surface area contributed by atoms with E-state index in [-0.39, 0.29) is 6.54 Å². The van der Waals surface area contributed by atoms with Crippen LogP contribution in [-0.2, 0) is 0 Å². The van der Waals surface area contributed by atoms with E-state index >= 15 is 0 Å². The van der Waals surface area contributed by atoms with Crippen LogP contribution < -0.4 is 4.84 Å². The lowest BCUT2D eigenvalue weighted by molar-refractivity contribution is 0.208. The van der Waals surface area contributed by atoms with E-state index in [0.717, 1.165) is 0 Å². The van der Waals surface area contributed by atoms with E-state index < -0.39 is 6.03 Å². The van der Waals surface area contributed by atoms with Gasteiger partial charge in [0.2, 0.25) is 0 Å². The minimum atomic E-state index is -0.714. The van der Waals surface area contributed by atoms with Crippen LogP contribution in [-0.4, -0.2) is 17.6 Å². The van der Waals surface area contributed by atoms with Gasteiger partial charge in [0.15, 0.2) is 0 Å². The van der Waals surface area contributed by atoms with Gasteiger partial charge in [0.05, 0.1) is 5.29 Å². The van der Waals surface area contributed by atoms with Gasteiger partial charge in [-0.15, -0.1) is 4.91 Å². The van der Waals surface area contributed by atoms with Crippen LogP contribution >= 0.6 is 11.8 Å². The zero-order valence-electron chi connectivity index (χ0n) is 4.80. The lowest BCUT2D eigenvalue weighted by Crippen LogP contribution is -2.30. The molecule has 0 aliphatic carbocycles. The first kappa shape index (κ1) is 8.16. The van der Waals surface area contributed by atoms with Gasteiger partial charge < -0.3 is 0 Å². The summed E-state index contributed by atoms with van der Waals surface area (Å²) in [5.74, 6) is 0. The van der Waals surface area contributed by atoms with Crippen LogP contribution in [0.3, 0.4) is 0 Å². The van der Waals surface area contributed by atoms with Crippen molar-refractivity contribution in [2.75, 3.05) is 6.54 Å². The molecule has 5 nitrogen and oxygen atoms in total. The molecule has 0 aromatic rings. The summed E-state index contributed by atoms with van der Waals surface area (Å²) < 4.78 is 0. The van der Waals surface area contributed by atoms with E-state index in [9.17, 15) is 9.70 Å². The fraction of sp³-hybridized carbons (Fsp3) is 0.667. The van der Waals surface area contributed by atoms with Gasteiger partial charge in [-0.2, -0.15) is 5.01 Å². The zero-order valence-corrected chi connectivity index (χ0v) is 5.55. The van der Waals surface area contributed by atoms with E-state index in [2.05, 4.69) is 5.29 Å². The number of amides is 2. The summed E-state index contributed by atoms with van der Waals surface area (Å²) in [7, 11) is 0. The second kappa shape index (κ2) is 4.08. The minimum absolute atomic E-state index is 0.210. The van der Waals surface area contributed by atoms with Crippen molar-refractivity contribution in [3.63, 3.8) is 0 Å². The van der Waals surface area contributed by atoms with Crippen molar-refractivity contribution in [2.24, 2.45) is 5.29 Å². The van der Waals surface area contributed by atoms with Gasteiger partial charge >= 0.3 is 6.03 Å². The van der Waals surface area contributed by atoms with Gasteiger partial charge in [0.25, 0.3) is 0 Å². The average Bonchev–Trinajstić information content (AvgIpc) is 1.90. The predicted octanol–water partition coefficient (Wildman–Crippen LogP) is 0.853. The second-order valence-corrected chi connectivity index (χ2v) is 1.39. The first-order chi connectivity index (χ1) is 4.26. The maximum atomic E-state index is 10.4. The molecule has 0 rings (SSSR count). The number of carbonyl (C=O) groups is 1. The molecule has 0 spiro atoms. The lowest BCUT2D eigenvalue weighted by atomic mass is 10.7. The smallest absolute Gasteiger partial charge is 0.248 e. The van der Waals surface area contributed by atoms with E-state index in [1.165, 1.54) is 0 Å². The number of halogens is 1. The Morgan fingerprint density at radius 1 is 1.89 bits per heavy atom. The average molecular weight is 152 g/mol. The third-order valence-electron chi connectivity index (χ3n) is 0.713. The normalized spacial score (nSPS) is 8.22. The van der Waals surface area contributed by atoms with Crippen LogP contribution in [0.15, 0.2) is 5.29 Å². The molecule has 0 saturated carbocycles. The van der Waals surface area contributed by atoms with Crippen LogP contribution in [0.1, 0.15) is 6.92 Å². The number of nitrogens with zero attached hydrogens (tertiary/aromatic N) is 2. The van der Waals surface area contributed by atoms with E-state index in [0.29, 0.717) is 5.01 Å². The van der Waals surface area contributed by atoms with E-state index in [1.54, 1.807) is 11.8 Å². The predicted molar refractivity (Wildman–Crippen MR) is 32.6 cm³/mol. The maximum Gasteiger partial charge on any atom is 0.354 e. The van der Waals surface area contributed by atoms with Crippen LogP contribution in [0.25, 0.3) is 0 Å². The monoisotopic (exact) mass is 151 g/mol. The topological polar surface area (TPSA) is 61.8 Å². The summed E-state index contributed by atoms with van der Waals surface area (Å²) in [4.78, 5) is 21.8. The highest BCUT2D eigenvalue weighted by Crippen LogP contribution is 1.88. The molecule has 0 saturated heterocycles. The SMILES string of the molecule is CCN(N=O)C(=O)NCl. The van der Waals surface area contributed by atoms with Gasteiger partial charge in [-0.05, 0) is 6.92 Å². The van der Waals surface area contributed by atoms with Crippen LogP contribution in [0, 0.1) is 4.91 Å². The first-order valence-corrected chi connectivity index (χ1v) is 2.65. The van der Waals surface area contributed by atoms with Crippen molar-refractivity contribution < 1.29 is 4.79 Å². The third kappa shape index (κ3) is 2.27. The number of urea groups is 1. The van der Waals surface area contributed by atoms with Crippen molar-refractivity contribution in [3.8, 4) is 0 Å². The Labute approximate surface area is 57.0 Å². The quantitative estimate of drug-likeness (QED) is 0.361. The molecule has 0 radical (unpaired) electrons. The molecule has 9 heavy (non-hydrogen) atoms. The van der Waals surface area contributed by atoms with Gasteiger partial charge in [0, 0.05) is 18.3 Å². The highest BCUT2D eigenvalue weighted by molar-refractivity contribution is 6.21. The molecule has 0 aromatic carbocycles. The van der Waals surface area contributed by atoms with Crippen molar-refractivity contribution in [1.82, 2.24) is 9.84 Å². The molecule has 0 bridgehead atoms. The van der Waals surface area contributed by atoms with Gasteiger partial charge in [-0.1, -0.05) is 0 Å². The molecular weight excluding hydrogens is 146 g/mol. The van der Waals surface area contributed by atoms with Crippen molar-refractivity contribution in [3.05, 3.63) is 4.91 Å². The lowest BCUT2D eigenvalue weighted by Gasteiger charge is -2.06. The van der Waals surface area contributed by atoms with Crippen LogP contribution in [0.2, 0.25) is 0 Å². The summed E-state index contributed by atoms with van der Waals surface area (Å²) in [5, 5.41) is 3.02. The summed E-state index contributed by atoms with van der Waals surface area (Å²) in [6, 6.07) is -0.714. The highest BCUT2D eigenvalue weighted by Gasteiger charge is 2.08. The molecule has 0 aliphatic rings. The van der Waals surface area contributed by atoms with Gasteiger partial charge in [-0.3, -0.25) is 0 Å². The van der Waals surface area contributed by atoms with Gasteiger partial charge in [0.1, 0.15) is 0 Å².